The number of anilines is 3. The van der Waals surface area contributed by atoms with Gasteiger partial charge in [0.05, 0.1) is 52.3 Å². The van der Waals surface area contributed by atoms with E-state index in [4.69, 9.17) is 14.2 Å². The number of hydrogen-bond acceptors (Lipinski definition) is 8. The minimum absolute atomic E-state index is 0.0292. The average molecular weight is 808 g/mol. The first kappa shape index (κ1) is 39.7. The number of nitrogens with one attached hydrogen (secondary N) is 1. The molecule has 0 bridgehead atoms. The molecule has 1 fully saturated rings. The molecule has 0 saturated carbocycles. The molecule has 3 heterocycles. The highest BCUT2D eigenvalue weighted by molar-refractivity contribution is 6.91. The zero-order chi connectivity index (χ0) is 41.3. The molecule has 2 amide bonds. The Bertz CT molecular complexity index is 2430. The molecule has 12 heteroatoms. The number of aliphatic hydroxyl groups excluding tert-OH is 1. The zero-order valence-corrected chi connectivity index (χ0v) is 34.9. The number of aromatic nitrogens is 3. The van der Waals surface area contributed by atoms with E-state index in [0.29, 0.717) is 35.7 Å². The van der Waals surface area contributed by atoms with Crippen molar-refractivity contribution in [2.45, 2.75) is 56.1 Å². The second kappa shape index (κ2) is 16.3. The van der Waals surface area contributed by atoms with Crippen LogP contribution in [0.4, 0.5) is 17.1 Å². The van der Waals surface area contributed by atoms with Gasteiger partial charge in [0.1, 0.15) is 11.5 Å². The zero-order valence-electron chi connectivity index (χ0n) is 33.9. The van der Waals surface area contributed by atoms with Crippen molar-refractivity contribution in [3.63, 3.8) is 0 Å². The standard InChI is InChI=1S/C47H49N5O6Si/c1-31-44(59(4,5)38-23-21-37(57-3)22-24-38)43(26-27-51-29-41(49-50-51)39(30-53)32-12-8-6-9-13-32)58-47(31)40-28-34(48-45(54)33-16-19-36(56-2)20-17-33)18-25-42(40)52(46(47)55)35-14-10-7-11-15-35/h6-25,28-29,31,39,43-44,53H,26-27,30H2,1-5H3,(H,48,54)/t31-,39?,43+,44-,47+/m0/s1. The second-order valence-electron chi connectivity index (χ2n) is 15.9. The fraction of sp³-hybridized carbons (Fsp3) is 0.277. The van der Waals surface area contributed by atoms with Crippen molar-refractivity contribution in [1.82, 2.24) is 15.0 Å². The number of carbonyl (C=O) groups excluding carboxylic acids is 2. The monoisotopic (exact) mass is 807 g/mol. The minimum atomic E-state index is -2.46. The highest BCUT2D eigenvalue weighted by Crippen LogP contribution is 2.61. The third-order valence-electron chi connectivity index (χ3n) is 12.3. The molecule has 1 saturated heterocycles. The molecule has 5 atom stereocenters. The number of ether oxygens (including phenoxy) is 3. The number of rotatable bonds is 13. The Hall–Kier alpha value is -6.08. The van der Waals surface area contributed by atoms with E-state index >= 15 is 4.79 Å². The van der Waals surface area contributed by atoms with Crippen molar-refractivity contribution in [2.75, 3.05) is 31.0 Å². The summed E-state index contributed by atoms with van der Waals surface area (Å²) in [6.07, 6.45) is 2.10. The van der Waals surface area contributed by atoms with Crippen molar-refractivity contribution in [1.29, 1.82) is 0 Å². The molecule has 0 aliphatic carbocycles. The maximum atomic E-state index is 15.4. The maximum absolute atomic E-state index is 15.4. The normalized spacial score (nSPS) is 20.4. The minimum Gasteiger partial charge on any atom is -0.497 e. The molecule has 1 unspecified atom stereocenters. The first-order valence-electron chi connectivity index (χ1n) is 20.0. The van der Waals surface area contributed by atoms with Gasteiger partial charge in [-0.15, -0.1) is 5.10 Å². The van der Waals surface area contributed by atoms with Crippen LogP contribution in [0.25, 0.3) is 0 Å². The van der Waals surface area contributed by atoms with E-state index in [-0.39, 0.29) is 41.9 Å². The third-order valence-corrected chi connectivity index (χ3v) is 16.7. The van der Waals surface area contributed by atoms with Gasteiger partial charge in [-0.2, -0.15) is 0 Å². The van der Waals surface area contributed by atoms with Crippen LogP contribution in [0.3, 0.4) is 0 Å². The molecule has 1 aromatic heterocycles. The Morgan fingerprint density at radius 3 is 2.19 bits per heavy atom. The molecule has 6 aromatic rings. The van der Waals surface area contributed by atoms with Gasteiger partial charge in [-0.25, -0.2) is 0 Å². The molecule has 59 heavy (non-hydrogen) atoms. The molecular formula is C47H49N5O6Si. The van der Waals surface area contributed by atoms with Crippen LogP contribution in [0.5, 0.6) is 11.5 Å². The second-order valence-corrected chi connectivity index (χ2v) is 20.6. The van der Waals surface area contributed by atoms with Crippen LogP contribution < -0.4 is 24.9 Å². The predicted molar refractivity (Wildman–Crippen MR) is 231 cm³/mol. The number of amides is 2. The number of methoxy groups -OCH3 is 2. The smallest absolute Gasteiger partial charge is 0.268 e. The highest BCUT2D eigenvalue weighted by atomic mass is 28.3. The van der Waals surface area contributed by atoms with Crippen molar-refractivity contribution in [2.24, 2.45) is 5.92 Å². The fourth-order valence-corrected chi connectivity index (χ4v) is 13.3. The first-order chi connectivity index (χ1) is 28.6. The van der Waals surface area contributed by atoms with Crippen LogP contribution in [0.2, 0.25) is 18.6 Å². The van der Waals surface area contributed by atoms with Crippen LogP contribution in [0.15, 0.2) is 134 Å². The number of benzene rings is 5. The van der Waals surface area contributed by atoms with Crippen molar-refractivity contribution >= 4 is 42.1 Å². The Kier molecular flexibility index (Phi) is 11.0. The summed E-state index contributed by atoms with van der Waals surface area (Å²) < 4.78 is 20.0. The van der Waals surface area contributed by atoms with Crippen molar-refractivity contribution < 1.29 is 28.9 Å². The number of aliphatic hydroxyl groups is 1. The van der Waals surface area contributed by atoms with Gasteiger partial charge in [0.15, 0.2) is 5.60 Å². The van der Waals surface area contributed by atoms with Crippen LogP contribution in [0.1, 0.15) is 46.4 Å². The number of nitrogens with zero attached hydrogens (tertiary/aromatic N) is 4. The van der Waals surface area contributed by atoms with Gasteiger partial charge < -0.3 is 24.6 Å². The molecule has 5 aromatic carbocycles. The Morgan fingerprint density at radius 2 is 1.54 bits per heavy atom. The summed E-state index contributed by atoms with van der Waals surface area (Å²) in [7, 11) is 0.794. The van der Waals surface area contributed by atoms with Gasteiger partial charge in [0, 0.05) is 41.2 Å². The SMILES string of the molecule is COc1ccc(C(=O)Nc2ccc3c(c2)[C@@]2(O[C@H](CCn4cc(C(CO)c5ccccc5)nn4)[C@@H]([Si](C)(C)c4ccc(OC)cc4)[C@@H]2C)C(=O)N3c2ccccc2)cc1. The van der Waals surface area contributed by atoms with E-state index in [1.54, 1.807) is 43.4 Å². The van der Waals surface area contributed by atoms with E-state index in [9.17, 15) is 9.90 Å². The number of fused-ring (bicyclic) bond motifs is 2. The average Bonchev–Trinajstić information content (AvgIpc) is 3.93. The van der Waals surface area contributed by atoms with E-state index in [1.165, 1.54) is 5.19 Å². The summed E-state index contributed by atoms with van der Waals surface area (Å²) in [4.78, 5) is 30.7. The Morgan fingerprint density at radius 1 is 0.898 bits per heavy atom. The largest absolute Gasteiger partial charge is 0.497 e. The van der Waals surface area contributed by atoms with Gasteiger partial charge in [0.25, 0.3) is 11.8 Å². The first-order valence-corrected chi connectivity index (χ1v) is 23.0. The molecule has 302 valence electrons. The van der Waals surface area contributed by atoms with Crippen LogP contribution in [0, 0.1) is 5.92 Å². The summed E-state index contributed by atoms with van der Waals surface area (Å²) >= 11 is 0. The van der Waals surface area contributed by atoms with E-state index < -0.39 is 13.7 Å². The lowest BCUT2D eigenvalue weighted by molar-refractivity contribution is -0.145. The summed E-state index contributed by atoms with van der Waals surface area (Å²) in [5.41, 5.74) is 3.46. The van der Waals surface area contributed by atoms with Gasteiger partial charge in [0.2, 0.25) is 0 Å². The molecule has 2 aliphatic heterocycles. The molecular weight excluding hydrogens is 759 g/mol. The summed E-state index contributed by atoms with van der Waals surface area (Å²) in [6, 6.07) is 40.3. The fourth-order valence-electron chi connectivity index (χ4n) is 9.26. The highest BCUT2D eigenvalue weighted by Gasteiger charge is 2.66. The molecule has 1 spiro atoms. The van der Waals surface area contributed by atoms with Crippen molar-refractivity contribution in [3.8, 4) is 11.5 Å². The van der Waals surface area contributed by atoms with Gasteiger partial charge in [-0.1, -0.05) is 91.1 Å². The Labute approximate surface area is 345 Å². The van der Waals surface area contributed by atoms with E-state index in [1.807, 2.05) is 102 Å². The topological polar surface area (TPSA) is 128 Å². The van der Waals surface area contributed by atoms with E-state index in [2.05, 4.69) is 47.8 Å². The van der Waals surface area contributed by atoms with Crippen LogP contribution >= 0.6 is 0 Å². The number of hydrogen-bond donors (Lipinski definition) is 2. The lowest BCUT2D eigenvalue weighted by atomic mass is 9.82. The van der Waals surface area contributed by atoms with Gasteiger partial charge in [-0.05, 0) is 84.3 Å². The van der Waals surface area contributed by atoms with Crippen LogP contribution in [-0.2, 0) is 21.7 Å². The van der Waals surface area contributed by atoms with Crippen molar-refractivity contribution in [3.05, 3.63) is 156 Å². The van der Waals surface area contributed by atoms with Gasteiger partial charge >= 0.3 is 0 Å². The van der Waals surface area contributed by atoms with Crippen LogP contribution in [-0.4, -0.2) is 66.9 Å². The molecule has 0 radical (unpaired) electrons. The molecule has 11 nitrogen and oxygen atoms in total. The van der Waals surface area contributed by atoms with E-state index in [0.717, 1.165) is 28.3 Å². The third kappa shape index (κ3) is 7.21. The Balaban J connectivity index is 1.19. The molecule has 2 aliphatic rings. The molecule has 2 N–H and O–H groups in total. The summed E-state index contributed by atoms with van der Waals surface area (Å²) in [6.45, 7) is 7.25. The lowest BCUT2D eigenvalue weighted by Crippen LogP contribution is -2.51. The number of para-hydroxylation sites is 1. The summed E-state index contributed by atoms with van der Waals surface area (Å²) in [5, 5.41) is 23.6. The molecule has 8 rings (SSSR count). The summed E-state index contributed by atoms with van der Waals surface area (Å²) in [5.74, 6) is 0.423. The maximum Gasteiger partial charge on any atom is 0.268 e. The lowest BCUT2D eigenvalue weighted by Gasteiger charge is -2.37. The number of aryl methyl sites for hydroxylation is 1. The number of carbonyl (C=O) groups is 2. The predicted octanol–water partition coefficient (Wildman–Crippen LogP) is 7.66. The van der Waals surface area contributed by atoms with Gasteiger partial charge in [-0.3, -0.25) is 19.2 Å². The quantitative estimate of drug-likeness (QED) is 0.114.